The molecule has 2 aromatic carbocycles. The number of Topliss-reactive ketones (excluding diaryl/α,β-unsaturated/α-hetero) is 1. The molecule has 5 nitrogen and oxygen atoms in total. The van der Waals surface area contributed by atoms with Crippen LogP contribution in [-0.4, -0.2) is 43.7 Å². The van der Waals surface area contributed by atoms with Gasteiger partial charge in [-0.2, -0.15) is 0 Å². The summed E-state index contributed by atoms with van der Waals surface area (Å²) in [6, 6.07) is 20.5. The highest BCUT2D eigenvalue weighted by molar-refractivity contribution is 6.99. The van der Waals surface area contributed by atoms with Crippen LogP contribution in [0.15, 0.2) is 65.8 Å². The van der Waals surface area contributed by atoms with E-state index < -0.39 is 20.5 Å². The van der Waals surface area contributed by atoms with Gasteiger partial charge in [0.15, 0.2) is 11.9 Å². The highest BCUT2D eigenvalue weighted by atomic mass is 28.4. The molecule has 0 radical (unpaired) electrons. The highest BCUT2D eigenvalue weighted by Crippen LogP contribution is 2.37. The van der Waals surface area contributed by atoms with Gasteiger partial charge in [-0.15, -0.1) is 0 Å². The summed E-state index contributed by atoms with van der Waals surface area (Å²) in [5, 5.41) is 16.7. The molecule has 1 N–H and O–H groups in total. The first-order valence-corrected chi connectivity index (χ1v) is 11.8. The molecule has 0 unspecified atom stereocenters. The first-order valence-electron chi connectivity index (χ1n) is 9.92. The van der Waals surface area contributed by atoms with Crippen LogP contribution in [-0.2, 0) is 14.1 Å². The van der Waals surface area contributed by atoms with E-state index in [1.807, 2.05) is 36.4 Å². The van der Waals surface area contributed by atoms with E-state index in [0.29, 0.717) is 12.1 Å². The number of rotatable bonds is 7. The number of nitrogens with zero attached hydrogens (tertiary/aromatic N) is 1. The Kier molecular flexibility index (Phi) is 6.36. The second kappa shape index (κ2) is 8.61. The average Bonchev–Trinajstić information content (AvgIpc) is 3.20. The van der Waals surface area contributed by atoms with Gasteiger partial charge in [0.25, 0.3) is 8.32 Å². The van der Waals surface area contributed by atoms with Crippen LogP contribution >= 0.6 is 0 Å². The molecular formula is C23H29NO4Si. The predicted octanol–water partition coefficient (Wildman–Crippen LogP) is 2.66. The second-order valence-electron chi connectivity index (χ2n) is 8.48. The fourth-order valence-electron chi connectivity index (χ4n) is 3.89. The largest absolute Gasteiger partial charge is 0.405 e. The van der Waals surface area contributed by atoms with Gasteiger partial charge >= 0.3 is 0 Å². The van der Waals surface area contributed by atoms with Crippen LogP contribution in [0, 0.1) is 0 Å². The van der Waals surface area contributed by atoms with Crippen molar-refractivity contribution >= 4 is 30.2 Å². The van der Waals surface area contributed by atoms with Gasteiger partial charge in [-0.3, -0.25) is 4.79 Å². The van der Waals surface area contributed by atoms with E-state index in [9.17, 15) is 9.90 Å². The summed E-state index contributed by atoms with van der Waals surface area (Å²) in [4.78, 5) is 16.8. The lowest BCUT2D eigenvalue weighted by Crippen LogP contribution is -2.67. The third-order valence-corrected chi connectivity index (χ3v) is 10.4. The number of ketones is 1. The second-order valence-corrected chi connectivity index (χ2v) is 12.8. The lowest BCUT2D eigenvalue weighted by molar-refractivity contribution is -0.111. The van der Waals surface area contributed by atoms with Gasteiger partial charge in [0.05, 0.1) is 6.61 Å². The maximum atomic E-state index is 11.5. The Morgan fingerprint density at radius 1 is 1.14 bits per heavy atom. The van der Waals surface area contributed by atoms with E-state index in [1.54, 1.807) is 0 Å². The van der Waals surface area contributed by atoms with Crippen LogP contribution < -0.4 is 10.4 Å². The van der Waals surface area contributed by atoms with Crippen molar-refractivity contribution in [2.45, 2.75) is 51.4 Å². The number of aliphatic hydroxyl groups excluding tert-OH is 1. The molecule has 0 aliphatic carbocycles. The summed E-state index contributed by atoms with van der Waals surface area (Å²) in [7, 11) is -2.72. The number of carbonyl (C=O) groups is 1. The minimum Gasteiger partial charge on any atom is -0.405 e. The Hall–Kier alpha value is -2.28. The molecular weight excluding hydrogens is 382 g/mol. The van der Waals surface area contributed by atoms with Crippen LogP contribution in [0.3, 0.4) is 0 Å². The van der Waals surface area contributed by atoms with E-state index in [1.165, 1.54) is 6.92 Å². The summed E-state index contributed by atoms with van der Waals surface area (Å²) < 4.78 is 6.71. The minimum absolute atomic E-state index is 0.110. The summed E-state index contributed by atoms with van der Waals surface area (Å²) in [5.41, 5.74) is 0.361. The third kappa shape index (κ3) is 4.34. The molecule has 0 bridgehead atoms. The molecule has 0 saturated heterocycles. The fraction of sp³-hybridized carbons (Fsp3) is 0.391. The van der Waals surface area contributed by atoms with Crippen LogP contribution in [0.4, 0.5) is 0 Å². The number of benzene rings is 2. The van der Waals surface area contributed by atoms with Crippen molar-refractivity contribution in [1.29, 1.82) is 0 Å². The number of oxime groups is 1. The maximum absolute atomic E-state index is 11.5. The molecule has 0 saturated carbocycles. The minimum atomic E-state index is -2.72. The van der Waals surface area contributed by atoms with E-state index in [0.717, 1.165) is 10.4 Å². The Bertz CT molecular complexity index is 822. The zero-order chi connectivity index (χ0) is 21.1. The lowest BCUT2D eigenvalue weighted by Gasteiger charge is -2.43. The Morgan fingerprint density at radius 2 is 1.66 bits per heavy atom. The van der Waals surface area contributed by atoms with Crippen molar-refractivity contribution in [3.8, 4) is 0 Å². The molecule has 2 aromatic rings. The smallest absolute Gasteiger partial charge is 0.261 e. The zero-order valence-corrected chi connectivity index (χ0v) is 18.5. The standard InChI is InChI=1S/C23H29NO4Si/c1-17(25)20-15-22(28-24-20)21(26)16-27-29(23(2,3)4,18-11-7-5-8-12-18)19-13-9-6-10-14-19/h5-14,21-22,26H,15-16H2,1-4H3/t21-,22+/m1/s1. The summed E-state index contributed by atoms with van der Waals surface area (Å²) in [6.07, 6.45) is -1.13. The molecule has 3 rings (SSSR count). The Balaban J connectivity index is 1.91. The fourth-order valence-corrected chi connectivity index (χ4v) is 8.47. The molecule has 29 heavy (non-hydrogen) atoms. The Labute approximate surface area is 173 Å². The zero-order valence-electron chi connectivity index (χ0n) is 17.5. The van der Waals surface area contributed by atoms with Crippen LogP contribution in [0.2, 0.25) is 5.04 Å². The molecule has 2 atom stereocenters. The molecule has 6 heteroatoms. The molecule has 1 heterocycles. The normalized spacial score (nSPS) is 18.1. The average molecular weight is 412 g/mol. The van der Waals surface area contributed by atoms with Gasteiger partial charge in [-0.1, -0.05) is 86.6 Å². The molecule has 1 aliphatic heterocycles. The topological polar surface area (TPSA) is 68.1 Å². The molecule has 154 valence electrons. The van der Waals surface area contributed by atoms with Gasteiger partial charge in [-0.25, -0.2) is 0 Å². The van der Waals surface area contributed by atoms with Crippen molar-refractivity contribution < 1.29 is 19.2 Å². The van der Waals surface area contributed by atoms with Gasteiger partial charge in [0, 0.05) is 13.3 Å². The Morgan fingerprint density at radius 3 is 2.07 bits per heavy atom. The number of carbonyl (C=O) groups excluding carboxylic acids is 1. The summed E-state index contributed by atoms with van der Waals surface area (Å²) in [6.45, 7) is 8.13. The van der Waals surface area contributed by atoms with E-state index >= 15 is 0 Å². The molecule has 0 fully saturated rings. The molecule has 0 amide bonds. The van der Waals surface area contributed by atoms with Crippen LogP contribution in [0.25, 0.3) is 0 Å². The van der Waals surface area contributed by atoms with Crippen molar-refractivity contribution in [2.24, 2.45) is 5.16 Å². The predicted molar refractivity (Wildman–Crippen MR) is 117 cm³/mol. The summed E-state index contributed by atoms with van der Waals surface area (Å²) in [5.74, 6) is -0.132. The van der Waals surface area contributed by atoms with Crippen molar-refractivity contribution in [2.75, 3.05) is 6.61 Å². The van der Waals surface area contributed by atoms with Gasteiger partial charge in [-0.05, 0) is 15.4 Å². The number of hydrogen-bond acceptors (Lipinski definition) is 5. The summed E-state index contributed by atoms with van der Waals surface area (Å²) >= 11 is 0. The number of hydrogen-bond donors (Lipinski definition) is 1. The maximum Gasteiger partial charge on any atom is 0.261 e. The van der Waals surface area contributed by atoms with Crippen molar-refractivity contribution in [1.82, 2.24) is 0 Å². The first-order chi connectivity index (χ1) is 13.8. The highest BCUT2D eigenvalue weighted by Gasteiger charge is 2.50. The van der Waals surface area contributed by atoms with Gasteiger partial charge in [0.2, 0.25) is 0 Å². The third-order valence-electron chi connectivity index (χ3n) is 5.42. The quantitative estimate of drug-likeness (QED) is 0.712. The van der Waals surface area contributed by atoms with Gasteiger partial charge in [0.1, 0.15) is 11.8 Å². The van der Waals surface area contributed by atoms with Crippen LogP contribution in [0.5, 0.6) is 0 Å². The van der Waals surface area contributed by atoms with Gasteiger partial charge < -0.3 is 14.4 Å². The SMILES string of the molecule is CC(=O)C1=NO[C@H]([C@H](O)CO[Si](c2ccccc2)(c2ccccc2)C(C)(C)C)C1. The van der Waals surface area contributed by atoms with E-state index in [2.05, 4.69) is 50.2 Å². The first kappa shape index (κ1) is 21.4. The molecule has 0 spiro atoms. The number of aliphatic hydroxyl groups is 1. The van der Waals surface area contributed by atoms with Crippen molar-refractivity contribution in [3.05, 3.63) is 60.7 Å². The lowest BCUT2D eigenvalue weighted by atomic mass is 10.1. The van der Waals surface area contributed by atoms with E-state index in [-0.39, 0.29) is 17.4 Å². The van der Waals surface area contributed by atoms with E-state index in [4.69, 9.17) is 9.26 Å². The monoisotopic (exact) mass is 411 g/mol. The molecule has 1 aliphatic rings. The van der Waals surface area contributed by atoms with Crippen molar-refractivity contribution in [3.63, 3.8) is 0 Å². The van der Waals surface area contributed by atoms with Crippen LogP contribution in [0.1, 0.15) is 34.1 Å². The molecule has 0 aromatic heterocycles.